The van der Waals surface area contributed by atoms with Crippen molar-refractivity contribution < 1.29 is 9.84 Å². The lowest BCUT2D eigenvalue weighted by molar-refractivity contribution is 0.137. The number of aryl methyl sites for hydroxylation is 1. The van der Waals surface area contributed by atoms with Gasteiger partial charge in [-0.25, -0.2) is 9.97 Å². The number of rotatable bonds is 9. The molecule has 6 heteroatoms. The van der Waals surface area contributed by atoms with Gasteiger partial charge in [0, 0.05) is 38.0 Å². The quantitative estimate of drug-likeness (QED) is 0.500. The highest BCUT2D eigenvalue weighted by Crippen LogP contribution is 2.30. The molecule has 0 unspecified atom stereocenters. The Morgan fingerprint density at radius 2 is 1.83 bits per heavy atom. The second-order valence-electron chi connectivity index (χ2n) is 9.89. The molecule has 1 heterocycles. The Labute approximate surface area is 211 Å². The van der Waals surface area contributed by atoms with Gasteiger partial charge < -0.3 is 20.1 Å². The Morgan fingerprint density at radius 1 is 1.09 bits per heavy atom. The van der Waals surface area contributed by atoms with Crippen molar-refractivity contribution in [2.75, 3.05) is 45.3 Å². The van der Waals surface area contributed by atoms with E-state index in [9.17, 15) is 0 Å². The van der Waals surface area contributed by atoms with Crippen molar-refractivity contribution in [3.63, 3.8) is 0 Å². The van der Waals surface area contributed by atoms with E-state index in [-0.39, 0.29) is 6.61 Å². The highest BCUT2D eigenvalue weighted by molar-refractivity contribution is 5.89. The molecule has 6 nitrogen and oxygen atoms in total. The van der Waals surface area contributed by atoms with E-state index < -0.39 is 0 Å². The average Bonchev–Trinajstić information content (AvgIpc) is 2.88. The third kappa shape index (κ3) is 8.32. The predicted octanol–water partition coefficient (Wildman–Crippen LogP) is 5.41. The van der Waals surface area contributed by atoms with Crippen LogP contribution in [0.4, 0.5) is 5.82 Å². The van der Waals surface area contributed by atoms with E-state index >= 15 is 0 Å². The van der Waals surface area contributed by atoms with E-state index in [1.807, 2.05) is 50.2 Å². The van der Waals surface area contributed by atoms with Crippen LogP contribution in [0.25, 0.3) is 10.9 Å². The number of hydrogen-bond donors (Lipinski definition) is 2. The molecule has 2 aliphatic carbocycles. The van der Waals surface area contributed by atoms with E-state index in [1.54, 1.807) is 0 Å². The monoisotopic (exact) mass is 480 g/mol. The number of nitrogens with one attached hydrogen (secondary N) is 1. The van der Waals surface area contributed by atoms with Gasteiger partial charge in [-0.15, -0.1) is 0 Å². The molecule has 0 atom stereocenters. The number of fused-ring (bicyclic) bond motifs is 1. The van der Waals surface area contributed by atoms with E-state index in [1.165, 1.54) is 37.7 Å². The van der Waals surface area contributed by atoms with Gasteiger partial charge in [-0.1, -0.05) is 50.5 Å². The molecule has 0 radical (unpaired) electrons. The first-order valence-corrected chi connectivity index (χ1v) is 13.2. The van der Waals surface area contributed by atoms with Crippen molar-refractivity contribution in [1.82, 2.24) is 15.3 Å². The Bertz CT molecular complexity index is 978. The molecule has 0 saturated heterocycles. The fraction of sp³-hybridized carbons (Fsp3) is 0.586. The summed E-state index contributed by atoms with van der Waals surface area (Å²) in [5.74, 6) is 4.68. The number of para-hydroxylation sites is 1. The van der Waals surface area contributed by atoms with Gasteiger partial charge in [-0.2, -0.15) is 0 Å². The minimum absolute atomic E-state index is 0.0919. The number of aliphatic hydroxyl groups is 1. The molecule has 1 aromatic heterocycles. The van der Waals surface area contributed by atoms with Crippen LogP contribution in [0.2, 0.25) is 0 Å². The molecular formula is C29H44N4O2. The molecule has 35 heavy (non-hydrogen) atoms. The van der Waals surface area contributed by atoms with Gasteiger partial charge in [-0.05, 0) is 56.7 Å². The fourth-order valence-electron chi connectivity index (χ4n) is 4.95. The molecule has 1 fully saturated rings. The SMILES string of the molecule is CCC1CCC(CNCC2=C(OCCO)CCC=C2)CC1.Cc1nc(N(C)C)c2ccccc2n1. The number of benzene rings is 1. The number of nitrogens with zero attached hydrogens (tertiary/aromatic N) is 3. The minimum atomic E-state index is 0.0919. The Hall–Kier alpha value is -2.44. The van der Waals surface area contributed by atoms with Crippen LogP contribution in [0, 0.1) is 18.8 Å². The molecule has 2 aromatic rings. The van der Waals surface area contributed by atoms with Crippen LogP contribution in [0.1, 0.15) is 57.7 Å². The van der Waals surface area contributed by atoms with E-state index in [0.717, 1.165) is 66.1 Å². The smallest absolute Gasteiger partial charge is 0.139 e. The largest absolute Gasteiger partial charge is 0.495 e. The van der Waals surface area contributed by atoms with Crippen molar-refractivity contribution in [3.05, 3.63) is 53.6 Å². The third-order valence-electron chi connectivity index (χ3n) is 6.99. The first-order valence-electron chi connectivity index (χ1n) is 13.2. The highest BCUT2D eigenvalue weighted by Gasteiger charge is 2.19. The summed E-state index contributed by atoms with van der Waals surface area (Å²) in [6, 6.07) is 8.06. The topological polar surface area (TPSA) is 70.5 Å². The molecule has 0 aliphatic heterocycles. The number of allylic oxidation sites excluding steroid dienone is 2. The standard InChI is InChI=1S/C18H31NO2.C11H13N3/c1-2-15-7-9-16(10-8-15)13-19-14-17-5-3-4-6-18(17)21-12-11-20;1-8-12-10-7-5-4-6-9(10)11(13-8)14(2)3/h3,5,15-16,19-20H,2,4,6-14H2,1H3;4-7H,1-3H3. The summed E-state index contributed by atoms with van der Waals surface area (Å²) in [4.78, 5) is 10.8. The first-order chi connectivity index (χ1) is 17.0. The maximum atomic E-state index is 8.89. The number of aliphatic hydroxyl groups excluding tert-OH is 1. The first kappa shape index (κ1) is 27.2. The number of aromatic nitrogens is 2. The van der Waals surface area contributed by atoms with Crippen molar-refractivity contribution in [2.24, 2.45) is 11.8 Å². The summed E-state index contributed by atoms with van der Waals surface area (Å²) in [7, 11) is 3.99. The molecule has 1 aromatic carbocycles. The van der Waals surface area contributed by atoms with Crippen LogP contribution in [0.5, 0.6) is 0 Å². The van der Waals surface area contributed by atoms with Gasteiger partial charge in [0.1, 0.15) is 24.0 Å². The second kappa shape index (κ2) is 14.2. The van der Waals surface area contributed by atoms with Gasteiger partial charge in [0.05, 0.1) is 12.1 Å². The van der Waals surface area contributed by atoms with E-state index in [0.29, 0.717) is 6.61 Å². The molecule has 4 rings (SSSR count). The number of ether oxygens (including phenoxy) is 1. The second-order valence-corrected chi connectivity index (χ2v) is 9.89. The zero-order chi connectivity index (χ0) is 25.0. The number of hydrogen-bond acceptors (Lipinski definition) is 6. The Morgan fingerprint density at radius 3 is 2.54 bits per heavy atom. The molecule has 192 valence electrons. The summed E-state index contributed by atoms with van der Waals surface area (Å²) >= 11 is 0. The summed E-state index contributed by atoms with van der Waals surface area (Å²) < 4.78 is 5.65. The van der Waals surface area contributed by atoms with E-state index in [4.69, 9.17) is 9.84 Å². The molecule has 2 N–H and O–H groups in total. The molecule has 0 spiro atoms. The maximum absolute atomic E-state index is 8.89. The van der Waals surface area contributed by atoms with Crippen molar-refractivity contribution in [3.8, 4) is 0 Å². The van der Waals surface area contributed by atoms with Gasteiger partial charge >= 0.3 is 0 Å². The summed E-state index contributed by atoms with van der Waals surface area (Å²) in [5.41, 5.74) is 2.26. The minimum Gasteiger partial charge on any atom is -0.495 e. The van der Waals surface area contributed by atoms with Gasteiger partial charge in [0.2, 0.25) is 0 Å². The molecule has 0 bridgehead atoms. The van der Waals surface area contributed by atoms with Crippen LogP contribution >= 0.6 is 0 Å². The normalized spacial score (nSPS) is 19.9. The maximum Gasteiger partial charge on any atom is 0.139 e. The van der Waals surface area contributed by atoms with Crippen LogP contribution in [-0.4, -0.2) is 55.5 Å². The van der Waals surface area contributed by atoms with Gasteiger partial charge in [0.25, 0.3) is 0 Å². The summed E-state index contributed by atoms with van der Waals surface area (Å²) in [6.07, 6.45) is 13.4. The molecule has 2 aliphatic rings. The highest BCUT2D eigenvalue weighted by atomic mass is 16.5. The molecule has 1 saturated carbocycles. The molecule has 0 amide bonds. The van der Waals surface area contributed by atoms with Crippen molar-refractivity contribution in [2.45, 2.75) is 58.8 Å². The molecular weight excluding hydrogens is 436 g/mol. The zero-order valence-electron chi connectivity index (χ0n) is 22.1. The lowest BCUT2D eigenvalue weighted by atomic mass is 9.81. The van der Waals surface area contributed by atoms with Crippen molar-refractivity contribution >= 4 is 16.7 Å². The average molecular weight is 481 g/mol. The lowest BCUT2D eigenvalue weighted by Crippen LogP contribution is -2.28. The van der Waals surface area contributed by atoms with Crippen LogP contribution < -0.4 is 10.2 Å². The van der Waals surface area contributed by atoms with Gasteiger partial charge in [-0.3, -0.25) is 0 Å². The number of anilines is 1. The zero-order valence-corrected chi connectivity index (χ0v) is 22.1. The van der Waals surface area contributed by atoms with Crippen LogP contribution in [-0.2, 0) is 4.74 Å². The Balaban J connectivity index is 0.000000211. The Kier molecular flexibility index (Phi) is 11.0. The third-order valence-corrected chi connectivity index (χ3v) is 6.99. The van der Waals surface area contributed by atoms with Crippen LogP contribution in [0.3, 0.4) is 0 Å². The van der Waals surface area contributed by atoms with Crippen molar-refractivity contribution in [1.29, 1.82) is 0 Å². The van der Waals surface area contributed by atoms with Gasteiger partial charge in [0.15, 0.2) is 0 Å². The summed E-state index contributed by atoms with van der Waals surface area (Å²) in [5, 5.41) is 13.6. The fourth-order valence-corrected chi connectivity index (χ4v) is 4.95. The van der Waals surface area contributed by atoms with Crippen LogP contribution in [0.15, 0.2) is 47.7 Å². The van der Waals surface area contributed by atoms with E-state index in [2.05, 4.69) is 34.4 Å². The lowest BCUT2D eigenvalue weighted by Gasteiger charge is -2.28. The predicted molar refractivity (Wildman–Crippen MR) is 146 cm³/mol. The summed E-state index contributed by atoms with van der Waals surface area (Å²) in [6.45, 7) is 6.76.